The molecule has 1 amide bonds. The Morgan fingerprint density at radius 1 is 0.962 bits per heavy atom. The van der Waals surface area contributed by atoms with Gasteiger partial charge >= 0.3 is 0 Å². The first-order chi connectivity index (χ1) is 24.6. The largest absolute Gasteiger partial charge is 0.510 e. The van der Waals surface area contributed by atoms with Gasteiger partial charge in [0.25, 0.3) is 5.91 Å². The molecule has 0 saturated heterocycles. The molecule has 2 aromatic carbocycles. The highest BCUT2D eigenvalue weighted by atomic mass is 16.4. The summed E-state index contributed by atoms with van der Waals surface area (Å²) >= 11 is 0. The maximum absolute atomic E-state index is 14.5. The van der Waals surface area contributed by atoms with E-state index < -0.39 is 58.0 Å². The van der Waals surface area contributed by atoms with Crippen molar-refractivity contribution in [1.29, 1.82) is 0 Å². The fourth-order valence-electron chi connectivity index (χ4n) is 8.11. The third-order valence-corrected chi connectivity index (χ3v) is 10.6. The van der Waals surface area contributed by atoms with Crippen LogP contribution < -0.4 is 10.6 Å². The molecule has 3 aliphatic rings. The molecule has 0 fully saturated rings. The summed E-state index contributed by atoms with van der Waals surface area (Å²) in [4.78, 5) is 48.2. The van der Waals surface area contributed by atoms with Gasteiger partial charge in [0.1, 0.15) is 34.4 Å². The molecule has 0 spiro atoms. The van der Waals surface area contributed by atoms with E-state index in [0.717, 1.165) is 18.7 Å². The van der Waals surface area contributed by atoms with Crippen LogP contribution in [0, 0.1) is 11.8 Å². The zero-order valence-corrected chi connectivity index (χ0v) is 30.4. The van der Waals surface area contributed by atoms with Crippen molar-refractivity contribution in [1.82, 2.24) is 14.7 Å². The van der Waals surface area contributed by atoms with Crippen LogP contribution in [-0.4, -0.2) is 120 Å². The summed E-state index contributed by atoms with van der Waals surface area (Å²) in [7, 11) is 10.9. The Morgan fingerprint density at radius 3 is 2.27 bits per heavy atom. The lowest BCUT2D eigenvalue weighted by Crippen LogP contribution is -2.63. The molecule has 0 unspecified atom stereocenters. The molecule has 6 rings (SSSR count). The summed E-state index contributed by atoms with van der Waals surface area (Å²) in [5.41, 5.74) is 4.23. The van der Waals surface area contributed by atoms with E-state index in [9.17, 15) is 34.8 Å². The number of aliphatic hydroxyl groups is 3. The van der Waals surface area contributed by atoms with E-state index in [-0.39, 0.29) is 35.3 Å². The second-order valence-electron chi connectivity index (χ2n) is 14.8. The Bertz CT molecular complexity index is 1980. The number of carbonyl (C=O) groups is 3. The summed E-state index contributed by atoms with van der Waals surface area (Å²) in [5, 5.41) is 46.6. The van der Waals surface area contributed by atoms with Crippen molar-refractivity contribution in [3.05, 3.63) is 93.6 Å². The van der Waals surface area contributed by atoms with E-state index in [1.54, 1.807) is 26.2 Å². The number of likely N-dealkylation sites (N-methyl/N-ethyl adjacent to an activating group) is 2. The zero-order valence-electron chi connectivity index (χ0n) is 30.4. The molecule has 13 heteroatoms. The van der Waals surface area contributed by atoms with Gasteiger partial charge in [0.05, 0.1) is 23.7 Å². The van der Waals surface area contributed by atoms with Gasteiger partial charge in [-0.25, -0.2) is 0 Å². The van der Waals surface area contributed by atoms with Crippen LogP contribution >= 0.6 is 0 Å². The van der Waals surface area contributed by atoms with E-state index in [2.05, 4.69) is 21.9 Å². The fraction of sp³-hybridized carbons (Fsp3) is 0.410. The van der Waals surface area contributed by atoms with E-state index in [1.165, 1.54) is 4.90 Å². The maximum atomic E-state index is 14.5. The lowest BCUT2D eigenvalue weighted by atomic mass is 9.58. The van der Waals surface area contributed by atoms with Gasteiger partial charge in [-0.15, -0.1) is 0 Å². The summed E-state index contributed by atoms with van der Waals surface area (Å²) in [5.74, 6) is -5.94. The number of Topliss-reactive ketones (excluding diaryl/α,β-unsaturated/α-hetero) is 2. The second-order valence-corrected chi connectivity index (χ2v) is 14.8. The average Bonchev–Trinajstić information content (AvgIpc) is 3.53. The molecular weight excluding hydrogens is 666 g/mol. The van der Waals surface area contributed by atoms with Crippen molar-refractivity contribution in [2.24, 2.45) is 17.6 Å². The normalized spacial score (nSPS) is 23.0. The van der Waals surface area contributed by atoms with Gasteiger partial charge in [-0.3, -0.25) is 24.2 Å². The molecular formula is C39H47N5O8. The van der Waals surface area contributed by atoms with Gasteiger partial charge in [0.15, 0.2) is 11.4 Å². The number of furan rings is 1. The van der Waals surface area contributed by atoms with E-state index in [1.807, 2.05) is 57.4 Å². The number of amides is 1. The number of nitrogens with zero attached hydrogens (tertiary/aromatic N) is 4. The first-order valence-electron chi connectivity index (χ1n) is 17.3. The lowest BCUT2D eigenvalue weighted by molar-refractivity contribution is -0.148. The van der Waals surface area contributed by atoms with Gasteiger partial charge in [-0.2, -0.15) is 0 Å². The number of allylic oxidation sites excluding steroid dienone is 1. The highest BCUT2D eigenvalue weighted by Gasteiger charge is 2.63. The minimum Gasteiger partial charge on any atom is -0.510 e. The van der Waals surface area contributed by atoms with Gasteiger partial charge in [0.2, 0.25) is 5.78 Å². The molecule has 13 nitrogen and oxygen atoms in total. The third-order valence-electron chi connectivity index (χ3n) is 10.6. The highest BCUT2D eigenvalue weighted by Crippen LogP contribution is 2.54. The molecule has 276 valence electrons. The summed E-state index contributed by atoms with van der Waals surface area (Å²) < 4.78 is 6.33. The van der Waals surface area contributed by atoms with E-state index >= 15 is 0 Å². The number of anilines is 1. The number of ketones is 2. The Kier molecular flexibility index (Phi) is 9.83. The Labute approximate surface area is 302 Å². The monoisotopic (exact) mass is 713 g/mol. The Hall–Kier alpha value is -4.95. The number of fused-ring (bicyclic) bond motifs is 3. The van der Waals surface area contributed by atoms with Gasteiger partial charge in [0, 0.05) is 50.9 Å². The number of phenols is 1. The van der Waals surface area contributed by atoms with Crippen LogP contribution in [-0.2, 0) is 29.1 Å². The second kappa shape index (κ2) is 13.9. The van der Waals surface area contributed by atoms with Crippen LogP contribution in [0.5, 0.6) is 5.75 Å². The van der Waals surface area contributed by atoms with Crippen LogP contribution in [0.4, 0.5) is 5.69 Å². The van der Waals surface area contributed by atoms with Crippen molar-refractivity contribution in [2.75, 3.05) is 60.3 Å². The van der Waals surface area contributed by atoms with Crippen molar-refractivity contribution in [2.45, 2.75) is 37.6 Å². The molecule has 0 saturated carbocycles. The predicted molar refractivity (Wildman–Crippen MR) is 195 cm³/mol. The molecule has 6 N–H and O–H groups in total. The predicted octanol–water partition coefficient (Wildman–Crippen LogP) is 3.01. The van der Waals surface area contributed by atoms with Gasteiger partial charge < -0.3 is 40.4 Å². The number of phenolic OH excluding ortho intramolecular Hbond substituents is 1. The van der Waals surface area contributed by atoms with Crippen molar-refractivity contribution >= 4 is 23.2 Å². The van der Waals surface area contributed by atoms with Crippen molar-refractivity contribution in [3.8, 4) is 17.1 Å². The topological polar surface area (TPSA) is 184 Å². The first kappa shape index (κ1) is 36.8. The van der Waals surface area contributed by atoms with Gasteiger partial charge in [-0.05, 0) is 76.3 Å². The summed E-state index contributed by atoms with van der Waals surface area (Å²) in [6.45, 7) is 2.82. The van der Waals surface area contributed by atoms with Crippen LogP contribution in [0.15, 0.2) is 75.6 Å². The molecule has 1 heterocycles. The minimum absolute atomic E-state index is 0.00991. The van der Waals surface area contributed by atoms with Crippen LogP contribution in [0.1, 0.15) is 33.7 Å². The molecule has 0 bridgehead atoms. The Morgan fingerprint density at radius 2 is 1.65 bits per heavy atom. The molecule has 52 heavy (non-hydrogen) atoms. The SMILES string of the molecule is CN(C)CCN(Cc1ccccc1)Cc1ccc(-c2cc(N(C)C)c3c(c2O)C(=O)C2=C(O)[C@]4(O)C(=O)C(C(N)=O)=C(O)[C@@H](N(C)C)[C@@H]4C[C@@H]2C3)o1. The van der Waals surface area contributed by atoms with E-state index in [0.29, 0.717) is 35.9 Å². The maximum Gasteiger partial charge on any atom is 0.255 e. The van der Waals surface area contributed by atoms with Crippen LogP contribution in [0.3, 0.4) is 0 Å². The van der Waals surface area contributed by atoms with Gasteiger partial charge in [-0.1, -0.05) is 30.3 Å². The highest BCUT2D eigenvalue weighted by molar-refractivity contribution is 6.25. The van der Waals surface area contributed by atoms with Crippen molar-refractivity contribution in [3.63, 3.8) is 0 Å². The summed E-state index contributed by atoms with van der Waals surface area (Å²) in [6, 6.07) is 14.4. The molecule has 0 aliphatic heterocycles. The number of primary amides is 1. The van der Waals surface area contributed by atoms with Crippen LogP contribution in [0.25, 0.3) is 11.3 Å². The molecule has 1 aromatic heterocycles. The van der Waals surface area contributed by atoms with Crippen LogP contribution in [0.2, 0.25) is 0 Å². The lowest BCUT2D eigenvalue weighted by Gasteiger charge is -2.50. The van der Waals surface area contributed by atoms with E-state index in [4.69, 9.17) is 10.2 Å². The zero-order chi connectivity index (χ0) is 37.8. The standard InChI is InChI=1S/C39H47N5O8/c1-41(2)14-15-44(19-21-10-8-7-9-11-21)20-23-12-13-28(52-23)25-18-27(42(3)4)24-16-22-17-26-32(43(5)6)35(47)31(38(40)50)37(49)39(26,51)36(48)29(22)34(46)30(24)33(25)45/h7-13,18,22,26,32,45,47-48,51H,14-17,19-20H2,1-6H3,(H2,40,50)/t22-,26-,32-,39-/m0/s1. The number of benzene rings is 2. The summed E-state index contributed by atoms with van der Waals surface area (Å²) in [6.07, 6.45) is 0.190. The molecule has 0 radical (unpaired) electrons. The smallest absolute Gasteiger partial charge is 0.255 e. The number of hydrogen-bond donors (Lipinski definition) is 5. The first-order valence-corrected chi connectivity index (χ1v) is 17.3. The van der Waals surface area contributed by atoms with Crippen molar-refractivity contribution < 1.29 is 39.2 Å². The molecule has 3 aliphatic carbocycles. The fourth-order valence-corrected chi connectivity index (χ4v) is 8.11. The minimum atomic E-state index is -2.71. The number of carbonyl (C=O) groups excluding carboxylic acids is 3. The average molecular weight is 714 g/mol. The number of hydrogen-bond acceptors (Lipinski definition) is 12. The quantitative estimate of drug-likeness (QED) is 0.183. The number of rotatable bonds is 11. The Balaban J connectivity index is 1.41. The molecule has 4 atom stereocenters. The number of aliphatic hydroxyl groups excluding tert-OH is 2. The molecule has 3 aromatic rings. The third kappa shape index (κ3) is 6.17. The number of aromatic hydroxyl groups is 1. The number of nitrogens with two attached hydrogens (primary N) is 1.